The lowest BCUT2D eigenvalue weighted by Crippen LogP contribution is -2.12. The number of nitrogens with zero attached hydrogens (tertiary/aromatic N) is 2. The number of hydrogen-bond acceptors (Lipinski definition) is 3. The maximum atomic E-state index is 11.7. The Morgan fingerprint density at radius 2 is 2.14 bits per heavy atom. The molecule has 0 bridgehead atoms. The van der Waals surface area contributed by atoms with E-state index in [1.165, 1.54) is 0 Å². The fraction of sp³-hybridized carbons (Fsp3) is 0.267. The number of hydrogen-bond donors (Lipinski definition) is 2. The molecule has 2 N–H and O–H groups in total. The third-order valence-electron chi connectivity index (χ3n) is 2.93. The number of nitrogens with one attached hydrogen (secondary N) is 1. The average Bonchev–Trinajstić information content (AvgIpc) is 2.91. The van der Waals surface area contributed by atoms with Gasteiger partial charge in [-0.05, 0) is 24.1 Å². The quantitative estimate of drug-likeness (QED) is 0.817. The molecule has 1 aromatic carbocycles. The Labute approximate surface area is 122 Å². The molecule has 0 fully saturated rings. The fourth-order valence-corrected chi connectivity index (χ4v) is 1.96. The number of carboxylic acids is 1. The molecule has 0 aliphatic carbocycles. The lowest BCUT2D eigenvalue weighted by atomic mass is 10.2. The van der Waals surface area contributed by atoms with Gasteiger partial charge in [-0.15, -0.1) is 0 Å². The van der Waals surface area contributed by atoms with Crippen LogP contribution in [-0.2, 0) is 16.1 Å². The first kappa shape index (κ1) is 14.8. The molecule has 0 spiro atoms. The number of benzene rings is 1. The van der Waals surface area contributed by atoms with E-state index in [0.29, 0.717) is 18.7 Å². The number of rotatable bonds is 7. The van der Waals surface area contributed by atoms with Crippen molar-refractivity contribution in [1.82, 2.24) is 9.55 Å². The summed E-state index contributed by atoms with van der Waals surface area (Å²) in [6, 6.07) is 7.56. The van der Waals surface area contributed by atoms with Crippen molar-refractivity contribution in [3.63, 3.8) is 0 Å². The predicted molar refractivity (Wildman–Crippen MR) is 77.9 cm³/mol. The van der Waals surface area contributed by atoms with Crippen molar-refractivity contribution >= 4 is 17.6 Å². The van der Waals surface area contributed by atoms with Crippen molar-refractivity contribution in [3.05, 3.63) is 48.5 Å². The van der Waals surface area contributed by atoms with Gasteiger partial charge in [0.15, 0.2) is 0 Å². The highest BCUT2D eigenvalue weighted by Crippen LogP contribution is 2.12. The molecule has 6 nitrogen and oxygen atoms in total. The Morgan fingerprint density at radius 1 is 1.29 bits per heavy atom. The highest BCUT2D eigenvalue weighted by Gasteiger charge is 2.05. The van der Waals surface area contributed by atoms with Crippen LogP contribution in [-0.4, -0.2) is 26.5 Å². The number of anilines is 1. The Balaban J connectivity index is 1.88. The smallest absolute Gasteiger partial charge is 0.303 e. The minimum atomic E-state index is -0.884. The van der Waals surface area contributed by atoms with Gasteiger partial charge >= 0.3 is 5.97 Å². The maximum Gasteiger partial charge on any atom is 0.303 e. The van der Waals surface area contributed by atoms with Crippen LogP contribution in [0.2, 0.25) is 0 Å². The Morgan fingerprint density at radius 3 is 2.86 bits per heavy atom. The van der Waals surface area contributed by atoms with Gasteiger partial charge in [-0.2, -0.15) is 0 Å². The molecule has 2 rings (SSSR count). The maximum absolute atomic E-state index is 11.7. The van der Waals surface area contributed by atoms with Gasteiger partial charge in [0.1, 0.15) is 0 Å². The van der Waals surface area contributed by atoms with Crippen molar-refractivity contribution in [1.29, 1.82) is 0 Å². The third-order valence-corrected chi connectivity index (χ3v) is 2.93. The summed E-state index contributed by atoms with van der Waals surface area (Å²) < 4.78 is 1.94. The van der Waals surface area contributed by atoms with E-state index in [9.17, 15) is 9.59 Å². The molecule has 110 valence electrons. The van der Waals surface area contributed by atoms with Crippen LogP contribution in [0.5, 0.6) is 0 Å². The number of amides is 1. The molecule has 0 aliphatic rings. The number of aromatic nitrogens is 2. The van der Waals surface area contributed by atoms with Gasteiger partial charge in [-0.25, -0.2) is 4.98 Å². The summed E-state index contributed by atoms with van der Waals surface area (Å²) in [5, 5.41) is 11.3. The molecule has 0 aliphatic heterocycles. The van der Waals surface area contributed by atoms with E-state index in [1.54, 1.807) is 12.5 Å². The van der Waals surface area contributed by atoms with Crippen LogP contribution in [0.4, 0.5) is 5.69 Å². The number of carbonyl (C=O) groups excluding carboxylic acids is 1. The second kappa shape index (κ2) is 7.23. The summed E-state index contributed by atoms with van der Waals surface area (Å²) in [7, 11) is 0. The zero-order chi connectivity index (χ0) is 15.1. The van der Waals surface area contributed by atoms with Gasteiger partial charge in [0.2, 0.25) is 5.91 Å². The molecule has 0 atom stereocenters. The van der Waals surface area contributed by atoms with E-state index in [-0.39, 0.29) is 18.7 Å². The molecule has 6 heteroatoms. The van der Waals surface area contributed by atoms with Crippen LogP contribution in [0, 0.1) is 0 Å². The first-order valence-electron chi connectivity index (χ1n) is 6.70. The Hall–Kier alpha value is -2.63. The third kappa shape index (κ3) is 5.10. The van der Waals surface area contributed by atoms with E-state index in [0.717, 1.165) is 5.56 Å². The minimum absolute atomic E-state index is 0.00802. The summed E-state index contributed by atoms with van der Waals surface area (Å²) in [6.45, 7) is 0.683. The number of aliphatic carboxylic acids is 1. The van der Waals surface area contributed by atoms with E-state index in [1.807, 2.05) is 35.0 Å². The minimum Gasteiger partial charge on any atom is -0.481 e. The predicted octanol–water partition coefficient (Wildman–Crippen LogP) is 2.12. The molecular formula is C15H17N3O3. The molecular weight excluding hydrogens is 270 g/mol. The van der Waals surface area contributed by atoms with Crippen molar-refractivity contribution < 1.29 is 14.7 Å². The highest BCUT2D eigenvalue weighted by molar-refractivity contribution is 5.90. The normalized spacial score (nSPS) is 10.3. The van der Waals surface area contributed by atoms with Gasteiger partial charge in [0.25, 0.3) is 0 Å². The van der Waals surface area contributed by atoms with Gasteiger partial charge in [0, 0.05) is 37.5 Å². The number of imidazole rings is 1. The molecule has 21 heavy (non-hydrogen) atoms. The second-order valence-electron chi connectivity index (χ2n) is 4.73. The summed E-state index contributed by atoms with van der Waals surface area (Å²) in [5.41, 5.74) is 1.77. The zero-order valence-electron chi connectivity index (χ0n) is 11.5. The molecule has 2 aromatic rings. The average molecular weight is 287 g/mol. The summed E-state index contributed by atoms with van der Waals surface area (Å²) in [6.07, 6.45) is 5.88. The van der Waals surface area contributed by atoms with E-state index >= 15 is 0 Å². The highest BCUT2D eigenvalue weighted by atomic mass is 16.4. The summed E-state index contributed by atoms with van der Waals surface area (Å²) >= 11 is 0. The van der Waals surface area contributed by atoms with Crippen LogP contribution < -0.4 is 5.32 Å². The first-order chi connectivity index (χ1) is 10.1. The summed E-state index contributed by atoms with van der Waals surface area (Å²) in [5.74, 6) is -1.05. The lowest BCUT2D eigenvalue weighted by Gasteiger charge is -2.08. The monoisotopic (exact) mass is 287 g/mol. The standard InChI is InChI=1S/C15H17N3O3/c19-14(5-2-6-15(20)21)17-13-4-1-3-12(9-13)10-18-8-7-16-11-18/h1,3-4,7-9,11H,2,5-6,10H2,(H,17,19)(H,20,21). The van der Waals surface area contributed by atoms with Gasteiger partial charge in [-0.3, -0.25) is 9.59 Å². The largest absolute Gasteiger partial charge is 0.481 e. The number of carbonyl (C=O) groups is 2. The summed E-state index contributed by atoms with van der Waals surface area (Å²) in [4.78, 5) is 26.1. The number of carboxylic acid groups (broad SMARTS) is 1. The molecule has 1 amide bonds. The SMILES string of the molecule is O=C(O)CCCC(=O)Nc1cccc(Cn2ccnc2)c1. The fourth-order valence-electron chi connectivity index (χ4n) is 1.96. The molecule has 1 aromatic heterocycles. The topological polar surface area (TPSA) is 84.2 Å². The van der Waals surface area contributed by atoms with Gasteiger partial charge in [0.05, 0.1) is 6.33 Å². The molecule has 0 saturated heterocycles. The van der Waals surface area contributed by atoms with Gasteiger partial charge in [-0.1, -0.05) is 12.1 Å². The van der Waals surface area contributed by atoms with Crippen molar-refractivity contribution in [2.24, 2.45) is 0 Å². The lowest BCUT2D eigenvalue weighted by molar-refractivity contribution is -0.137. The van der Waals surface area contributed by atoms with Crippen molar-refractivity contribution in [2.75, 3.05) is 5.32 Å². The van der Waals surface area contributed by atoms with Crippen LogP contribution in [0.15, 0.2) is 43.0 Å². The zero-order valence-corrected chi connectivity index (χ0v) is 11.5. The van der Waals surface area contributed by atoms with E-state index in [2.05, 4.69) is 10.3 Å². The van der Waals surface area contributed by atoms with Crippen molar-refractivity contribution in [2.45, 2.75) is 25.8 Å². The van der Waals surface area contributed by atoms with Crippen molar-refractivity contribution in [3.8, 4) is 0 Å². The van der Waals surface area contributed by atoms with Crippen LogP contribution in [0.3, 0.4) is 0 Å². The Bertz CT molecular complexity index is 608. The van der Waals surface area contributed by atoms with E-state index < -0.39 is 5.97 Å². The van der Waals surface area contributed by atoms with Crippen LogP contribution >= 0.6 is 0 Å². The van der Waals surface area contributed by atoms with E-state index in [4.69, 9.17) is 5.11 Å². The first-order valence-corrected chi connectivity index (χ1v) is 6.70. The molecule has 0 radical (unpaired) electrons. The second-order valence-corrected chi connectivity index (χ2v) is 4.73. The Kier molecular flexibility index (Phi) is 5.09. The molecule has 0 unspecified atom stereocenters. The van der Waals surface area contributed by atoms with Crippen LogP contribution in [0.25, 0.3) is 0 Å². The van der Waals surface area contributed by atoms with Gasteiger partial charge < -0.3 is 15.0 Å². The van der Waals surface area contributed by atoms with Crippen LogP contribution in [0.1, 0.15) is 24.8 Å². The molecule has 0 saturated carbocycles. The molecule has 1 heterocycles.